The van der Waals surface area contributed by atoms with Crippen molar-refractivity contribution >= 4 is 29.6 Å². The summed E-state index contributed by atoms with van der Waals surface area (Å²) in [6, 6.07) is -3.64. The zero-order valence-electron chi connectivity index (χ0n) is 12.6. The van der Waals surface area contributed by atoms with Crippen LogP contribution in [0.15, 0.2) is 0 Å². The SMILES string of the molecule is C[C@H](NC(=O)[C@@H](N)CCC(N)=O)C(=O)N[C@@H](CC(N)=O)C(=O)O. The average Bonchev–Trinajstić information content (AvgIpc) is 2.42. The Balaban J connectivity index is 4.52. The van der Waals surface area contributed by atoms with Crippen LogP contribution in [0.25, 0.3) is 0 Å². The lowest BCUT2D eigenvalue weighted by molar-refractivity contribution is -0.143. The molecule has 11 nitrogen and oxygen atoms in total. The molecule has 0 unspecified atom stereocenters. The molecule has 0 spiro atoms. The maximum Gasteiger partial charge on any atom is 0.326 e. The van der Waals surface area contributed by atoms with Crippen LogP contribution in [0.4, 0.5) is 0 Å². The van der Waals surface area contributed by atoms with Crippen LogP contribution in [-0.4, -0.2) is 52.8 Å². The summed E-state index contributed by atoms with van der Waals surface area (Å²) >= 11 is 0. The van der Waals surface area contributed by atoms with E-state index >= 15 is 0 Å². The van der Waals surface area contributed by atoms with Gasteiger partial charge in [0, 0.05) is 6.42 Å². The molecule has 0 bridgehead atoms. The van der Waals surface area contributed by atoms with Crippen molar-refractivity contribution in [2.24, 2.45) is 17.2 Å². The summed E-state index contributed by atoms with van der Waals surface area (Å²) in [4.78, 5) is 55.8. The van der Waals surface area contributed by atoms with Gasteiger partial charge in [-0.3, -0.25) is 19.2 Å². The molecule has 0 fully saturated rings. The number of amides is 4. The van der Waals surface area contributed by atoms with Gasteiger partial charge >= 0.3 is 5.97 Å². The first-order valence-corrected chi connectivity index (χ1v) is 6.70. The summed E-state index contributed by atoms with van der Waals surface area (Å²) < 4.78 is 0. The van der Waals surface area contributed by atoms with Crippen LogP contribution in [-0.2, 0) is 24.0 Å². The zero-order chi connectivity index (χ0) is 18.2. The molecule has 0 aliphatic heterocycles. The van der Waals surface area contributed by atoms with Crippen molar-refractivity contribution in [2.45, 2.75) is 44.3 Å². The second-order valence-electron chi connectivity index (χ2n) is 4.91. The number of carboxylic acid groups (broad SMARTS) is 1. The molecule has 0 saturated carbocycles. The Bertz CT molecular complexity index is 494. The number of hydrogen-bond donors (Lipinski definition) is 6. The molecule has 0 aromatic rings. The van der Waals surface area contributed by atoms with Crippen LogP contribution in [0.5, 0.6) is 0 Å². The number of nitrogens with two attached hydrogens (primary N) is 3. The Hall–Kier alpha value is -2.69. The summed E-state index contributed by atoms with van der Waals surface area (Å²) in [6.07, 6.45) is -0.663. The highest BCUT2D eigenvalue weighted by molar-refractivity contribution is 5.93. The van der Waals surface area contributed by atoms with Gasteiger partial charge in [0.2, 0.25) is 23.6 Å². The molecule has 0 aromatic carbocycles. The van der Waals surface area contributed by atoms with Gasteiger partial charge in [-0.15, -0.1) is 0 Å². The van der Waals surface area contributed by atoms with Gasteiger partial charge < -0.3 is 32.9 Å². The normalized spacial score (nSPS) is 14.2. The lowest BCUT2D eigenvalue weighted by atomic mass is 10.1. The third-order valence-electron chi connectivity index (χ3n) is 2.81. The molecule has 0 rings (SSSR count). The van der Waals surface area contributed by atoms with Crippen LogP contribution in [0.1, 0.15) is 26.2 Å². The number of nitrogens with one attached hydrogen (secondary N) is 2. The fourth-order valence-corrected chi connectivity index (χ4v) is 1.51. The highest BCUT2D eigenvalue weighted by Crippen LogP contribution is 1.97. The van der Waals surface area contributed by atoms with Gasteiger partial charge in [-0.25, -0.2) is 4.79 Å². The molecule has 23 heavy (non-hydrogen) atoms. The molecule has 11 heteroatoms. The van der Waals surface area contributed by atoms with Gasteiger partial charge in [0.15, 0.2) is 0 Å². The van der Waals surface area contributed by atoms with E-state index in [4.69, 9.17) is 22.3 Å². The number of aliphatic carboxylic acids is 1. The first kappa shape index (κ1) is 20.3. The predicted octanol–water partition coefficient (Wildman–Crippen LogP) is -3.47. The first-order valence-electron chi connectivity index (χ1n) is 6.70. The van der Waals surface area contributed by atoms with E-state index in [0.29, 0.717) is 0 Å². The summed E-state index contributed by atoms with van der Waals surface area (Å²) in [6.45, 7) is 1.30. The molecular formula is C12H21N5O6. The van der Waals surface area contributed by atoms with Crippen molar-refractivity contribution in [3.05, 3.63) is 0 Å². The second-order valence-corrected chi connectivity index (χ2v) is 4.91. The summed E-state index contributed by atoms with van der Waals surface area (Å²) in [5.41, 5.74) is 15.3. The summed E-state index contributed by atoms with van der Waals surface area (Å²) in [7, 11) is 0. The minimum Gasteiger partial charge on any atom is -0.480 e. The first-order chi connectivity index (χ1) is 10.5. The van der Waals surface area contributed by atoms with Crippen molar-refractivity contribution in [1.29, 1.82) is 0 Å². The Morgan fingerprint density at radius 2 is 1.57 bits per heavy atom. The Labute approximate surface area is 131 Å². The third kappa shape index (κ3) is 8.36. The molecular weight excluding hydrogens is 310 g/mol. The third-order valence-corrected chi connectivity index (χ3v) is 2.81. The zero-order valence-corrected chi connectivity index (χ0v) is 12.6. The molecule has 0 aliphatic carbocycles. The number of rotatable bonds is 10. The second kappa shape index (κ2) is 9.35. The molecule has 9 N–H and O–H groups in total. The quantitative estimate of drug-likeness (QED) is 0.238. The molecule has 0 aliphatic rings. The van der Waals surface area contributed by atoms with E-state index in [1.54, 1.807) is 0 Å². The van der Waals surface area contributed by atoms with E-state index in [1.165, 1.54) is 6.92 Å². The van der Waals surface area contributed by atoms with Crippen LogP contribution in [0.3, 0.4) is 0 Å². The lowest BCUT2D eigenvalue weighted by Gasteiger charge is -2.19. The Morgan fingerprint density at radius 3 is 2.00 bits per heavy atom. The monoisotopic (exact) mass is 331 g/mol. The van der Waals surface area contributed by atoms with E-state index < -0.39 is 54.1 Å². The number of carboxylic acids is 1. The van der Waals surface area contributed by atoms with Crippen molar-refractivity contribution in [1.82, 2.24) is 10.6 Å². The maximum atomic E-state index is 11.8. The highest BCUT2D eigenvalue weighted by Gasteiger charge is 2.26. The lowest BCUT2D eigenvalue weighted by Crippen LogP contribution is -2.53. The Morgan fingerprint density at radius 1 is 1.00 bits per heavy atom. The van der Waals surface area contributed by atoms with E-state index in [0.717, 1.165) is 0 Å². The minimum absolute atomic E-state index is 0.00886. The maximum absolute atomic E-state index is 11.8. The van der Waals surface area contributed by atoms with E-state index in [1.807, 2.05) is 0 Å². The van der Waals surface area contributed by atoms with Gasteiger partial charge in [0.05, 0.1) is 12.5 Å². The van der Waals surface area contributed by atoms with Gasteiger partial charge in [-0.05, 0) is 13.3 Å². The number of primary amides is 2. The van der Waals surface area contributed by atoms with Gasteiger partial charge in [-0.1, -0.05) is 0 Å². The largest absolute Gasteiger partial charge is 0.480 e. The van der Waals surface area contributed by atoms with Gasteiger partial charge in [0.1, 0.15) is 12.1 Å². The summed E-state index contributed by atoms with van der Waals surface area (Å²) in [5, 5.41) is 13.2. The smallest absolute Gasteiger partial charge is 0.326 e. The molecule has 0 heterocycles. The number of carbonyl (C=O) groups excluding carboxylic acids is 4. The standard InChI is InChI=1S/C12H21N5O6/c1-5(16-11(21)6(13)2-3-8(14)18)10(20)17-7(12(22)23)4-9(15)19/h5-7H,2-4,13H2,1H3,(H2,14,18)(H2,15,19)(H,16,21)(H,17,20)(H,22,23)/t5-,6-,7-/m0/s1. The van der Waals surface area contributed by atoms with E-state index in [2.05, 4.69) is 10.6 Å². The number of carbonyl (C=O) groups is 5. The predicted molar refractivity (Wildman–Crippen MR) is 77.4 cm³/mol. The topological polar surface area (TPSA) is 208 Å². The molecule has 4 amide bonds. The van der Waals surface area contributed by atoms with E-state index in [9.17, 15) is 24.0 Å². The van der Waals surface area contributed by atoms with Crippen molar-refractivity contribution in [2.75, 3.05) is 0 Å². The van der Waals surface area contributed by atoms with E-state index in [-0.39, 0.29) is 12.8 Å². The minimum atomic E-state index is -1.50. The van der Waals surface area contributed by atoms with Crippen molar-refractivity contribution in [3.8, 4) is 0 Å². The number of hydrogen-bond acceptors (Lipinski definition) is 6. The molecule has 0 radical (unpaired) electrons. The van der Waals surface area contributed by atoms with Crippen molar-refractivity contribution in [3.63, 3.8) is 0 Å². The van der Waals surface area contributed by atoms with Crippen LogP contribution in [0, 0.1) is 0 Å². The molecule has 0 saturated heterocycles. The fourth-order valence-electron chi connectivity index (χ4n) is 1.51. The molecule has 0 aromatic heterocycles. The summed E-state index contributed by atoms with van der Waals surface area (Å²) in [5.74, 6) is -4.48. The van der Waals surface area contributed by atoms with Crippen LogP contribution >= 0.6 is 0 Å². The van der Waals surface area contributed by atoms with Crippen molar-refractivity contribution < 1.29 is 29.1 Å². The highest BCUT2D eigenvalue weighted by atomic mass is 16.4. The molecule has 3 atom stereocenters. The molecule has 130 valence electrons. The Kier molecular flexibility index (Phi) is 8.26. The fraction of sp³-hybridized carbons (Fsp3) is 0.583. The van der Waals surface area contributed by atoms with Gasteiger partial charge in [-0.2, -0.15) is 0 Å². The van der Waals surface area contributed by atoms with Crippen LogP contribution < -0.4 is 27.8 Å². The van der Waals surface area contributed by atoms with Crippen LogP contribution in [0.2, 0.25) is 0 Å². The average molecular weight is 331 g/mol. The van der Waals surface area contributed by atoms with Gasteiger partial charge in [0.25, 0.3) is 0 Å².